The highest BCUT2D eigenvalue weighted by molar-refractivity contribution is 6.51. The van der Waals surface area contributed by atoms with Gasteiger partial charge in [0.25, 0.3) is 12.9 Å². The molecule has 0 saturated carbocycles. The monoisotopic (exact) mass is 198 g/mol. The van der Waals surface area contributed by atoms with Gasteiger partial charge in [-0.3, -0.25) is 30.3 Å². The maximum absolute atomic E-state index is 10.3. The third-order valence-corrected chi connectivity index (χ3v) is 1.46. The van der Waals surface area contributed by atoms with Gasteiger partial charge in [0.15, 0.2) is 0 Å². The van der Waals surface area contributed by atoms with Gasteiger partial charge >= 0.3 is 11.4 Å². The smallest absolute Gasteiger partial charge is 0.259 e. The van der Waals surface area contributed by atoms with Gasteiger partial charge in [-0.25, -0.2) is 0 Å². The van der Waals surface area contributed by atoms with E-state index in [-0.39, 0.29) is 0 Å². The molecular weight excluding hydrogens is 197 g/mol. The van der Waals surface area contributed by atoms with Gasteiger partial charge in [0, 0.05) is 0 Å². The maximum Gasteiger partial charge on any atom is 0.404 e. The van der Waals surface area contributed by atoms with Crippen molar-refractivity contribution < 1.29 is 14.8 Å². The van der Waals surface area contributed by atoms with Crippen LogP contribution in [0.4, 0.5) is 0 Å². The molecule has 0 aliphatic carbocycles. The van der Waals surface area contributed by atoms with E-state index in [0.717, 1.165) is 13.3 Å². The summed E-state index contributed by atoms with van der Waals surface area (Å²) in [4.78, 5) is 27.6. The molecule has 0 bridgehead atoms. The minimum Gasteiger partial charge on any atom is -0.259 e. The van der Waals surface area contributed by atoms with E-state index in [1.165, 1.54) is 0 Å². The largest absolute Gasteiger partial charge is 0.404 e. The van der Waals surface area contributed by atoms with Crippen LogP contribution in [0, 0.1) is 30.3 Å². The number of hydrogen-bond acceptors (Lipinski definition) is 6. The zero-order chi connectivity index (χ0) is 10.9. The normalized spacial score (nSPS) is 14.7. The highest BCUT2D eigenvalue weighted by Gasteiger charge is 2.44. The van der Waals surface area contributed by atoms with Crippen LogP contribution in [-0.2, 0) is 0 Å². The highest BCUT2D eigenvalue weighted by Crippen LogP contribution is 2.22. The lowest BCUT2D eigenvalue weighted by Gasteiger charge is -1.91. The lowest BCUT2D eigenvalue weighted by atomic mass is 9.78. The van der Waals surface area contributed by atoms with Crippen molar-refractivity contribution in [3.05, 3.63) is 53.3 Å². The summed E-state index contributed by atoms with van der Waals surface area (Å²) in [5.74, 6) is 0.732. The Labute approximate surface area is 76.4 Å². The lowest BCUT2D eigenvalue weighted by molar-refractivity contribution is -0.495. The summed E-state index contributed by atoms with van der Waals surface area (Å²) in [7, 11) is 0.732. The number of nitrogens with zero attached hydrogens (tertiary/aromatic N) is 3. The predicted octanol–water partition coefficient (Wildman–Crippen LogP) is -0.455. The van der Waals surface area contributed by atoms with Gasteiger partial charge < -0.3 is 0 Å². The second-order valence-corrected chi connectivity index (χ2v) is 2.22. The van der Waals surface area contributed by atoms with E-state index in [0.29, 0.717) is 0 Å². The van der Waals surface area contributed by atoms with Gasteiger partial charge in [0.2, 0.25) is 0 Å². The van der Waals surface area contributed by atoms with Gasteiger partial charge in [-0.2, -0.15) is 0 Å². The molecule has 1 aliphatic rings. The van der Waals surface area contributed by atoms with Crippen molar-refractivity contribution in [3.63, 3.8) is 0 Å². The second kappa shape index (κ2) is 3.24. The molecule has 10 heteroatoms. The summed E-state index contributed by atoms with van der Waals surface area (Å²) < 4.78 is 0. The average Bonchev–Trinajstić information content (AvgIpc) is 2.46. The fourth-order valence-electron chi connectivity index (χ4n) is 0.929. The zero-order valence-corrected chi connectivity index (χ0v) is 6.45. The molecule has 1 radical (unpaired) electrons. The molecule has 0 aromatic carbocycles. The van der Waals surface area contributed by atoms with Crippen LogP contribution in [0.25, 0.3) is 0 Å². The van der Waals surface area contributed by atoms with Crippen LogP contribution < -0.4 is 0 Å². The van der Waals surface area contributed by atoms with Crippen LogP contribution in [0.5, 0.6) is 0 Å². The van der Waals surface area contributed by atoms with Crippen molar-refractivity contribution in [2.45, 2.75) is 0 Å². The second-order valence-electron chi connectivity index (χ2n) is 2.22. The molecule has 0 aromatic heterocycles. The Kier molecular flexibility index (Phi) is 2.28. The topological polar surface area (TPSA) is 129 Å². The summed E-state index contributed by atoms with van der Waals surface area (Å²) in [6.07, 6.45) is 0. The van der Waals surface area contributed by atoms with Crippen molar-refractivity contribution in [3.8, 4) is 0 Å². The van der Waals surface area contributed by atoms with Gasteiger partial charge in [-0.15, -0.1) is 0 Å². The quantitative estimate of drug-likeness (QED) is 0.342. The first-order valence-corrected chi connectivity index (χ1v) is 3.18. The van der Waals surface area contributed by atoms with E-state index in [1.54, 1.807) is 0 Å². The molecule has 0 spiro atoms. The van der Waals surface area contributed by atoms with E-state index >= 15 is 0 Å². The molecule has 0 atom stereocenters. The summed E-state index contributed by atoms with van der Waals surface area (Å²) in [6.45, 7) is 0. The molecule has 1 rings (SSSR count). The first-order chi connectivity index (χ1) is 6.45. The van der Waals surface area contributed by atoms with Crippen LogP contribution >= 0.6 is 0 Å². The van der Waals surface area contributed by atoms with Crippen LogP contribution in [-0.4, -0.2) is 22.0 Å². The Bertz CT molecular complexity index is 398. The van der Waals surface area contributed by atoms with Gasteiger partial charge in [-0.1, -0.05) is 0 Å². The van der Waals surface area contributed by atoms with Crippen molar-refractivity contribution in [1.82, 2.24) is 0 Å². The number of nitro groups is 3. The van der Waals surface area contributed by atoms with Crippen molar-refractivity contribution in [2.24, 2.45) is 0 Å². The fraction of sp³-hybridized carbons (Fsp3) is 0. The van der Waals surface area contributed by atoms with Gasteiger partial charge in [0.1, 0.15) is 0 Å². The molecule has 0 aromatic rings. The standard InChI is InChI=1S/C4HBN3O6/c9-6(10)2-1-5-4(8(13)14)3(2)7(11)12/h1H. The Morgan fingerprint density at radius 1 is 1.00 bits per heavy atom. The predicted molar refractivity (Wildman–Crippen MR) is 41.8 cm³/mol. The molecule has 0 unspecified atom stereocenters. The van der Waals surface area contributed by atoms with Crippen molar-refractivity contribution in [2.75, 3.05) is 0 Å². The molecule has 0 N–H and O–H groups in total. The molecule has 71 valence electrons. The van der Waals surface area contributed by atoms with E-state index in [2.05, 4.69) is 0 Å². The molecule has 14 heavy (non-hydrogen) atoms. The minimum atomic E-state index is -1.14. The molecule has 0 amide bonds. The molecule has 0 saturated heterocycles. The van der Waals surface area contributed by atoms with Crippen molar-refractivity contribution in [1.29, 1.82) is 0 Å². The summed E-state index contributed by atoms with van der Waals surface area (Å²) in [6, 6.07) is 0. The molecular formula is C4HBN3O6. The third-order valence-electron chi connectivity index (χ3n) is 1.46. The van der Waals surface area contributed by atoms with E-state index in [9.17, 15) is 30.3 Å². The average molecular weight is 198 g/mol. The van der Waals surface area contributed by atoms with E-state index < -0.39 is 31.8 Å². The Hall–Kier alpha value is -2.26. The van der Waals surface area contributed by atoms with E-state index in [4.69, 9.17) is 0 Å². The van der Waals surface area contributed by atoms with Crippen LogP contribution in [0.15, 0.2) is 23.0 Å². The fourth-order valence-corrected chi connectivity index (χ4v) is 0.929. The van der Waals surface area contributed by atoms with Gasteiger partial charge in [0.05, 0.1) is 14.8 Å². The Balaban J connectivity index is 3.24. The lowest BCUT2D eigenvalue weighted by Crippen LogP contribution is -2.12. The zero-order valence-electron chi connectivity index (χ0n) is 6.45. The first kappa shape index (κ1) is 9.83. The first-order valence-electron chi connectivity index (χ1n) is 3.18. The summed E-state index contributed by atoms with van der Waals surface area (Å²) in [5, 5.41) is 30.8. The highest BCUT2D eigenvalue weighted by atomic mass is 16.6. The number of rotatable bonds is 3. The maximum atomic E-state index is 10.3. The van der Waals surface area contributed by atoms with Crippen LogP contribution in [0.3, 0.4) is 0 Å². The third kappa shape index (κ3) is 1.44. The van der Waals surface area contributed by atoms with Crippen molar-refractivity contribution >= 4 is 7.28 Å². The Morgan fingerprint density at radius 3 is 1.93 bits per heavy atom. The molecule has 0 fully saturated rings. The minimum absolute atomic E-state index is 0.732. The summed E-state index contributed by atoms with van der Waals surface area (Å²) >= 11 is 0. The molecule has 9 nitrogen and oxygen atoms in total. The SMILES string of the molecule is O=[N+]([O-])C1=C[B]C([N+](=O)[O-])=C1[N+](=O)[O-]. The molecule has 1 heterocycles. The summed E-state index contributed by atoms with van der Waals surface area (Å²) in [5.41, 5.74) is -2.83. The Morgan fingerprint density at radius 2 is 1.57 bits per heavy atom. The van der Waals surface area contributed by atoms with Crippen LogP contribution in [0.2, 0.25) is 0 Å². The van der Waals surface area contributed by atoms with E-state index in [1.807, 2.05) is 0 Å². The van der Waals surface area contributed by atoms with Gasteiger partial charge in [-0.05, 0) is 5.98 Å². The van der Waals surface area contributed by atoms with Crippen LogP contribution in [0.1, 0.15) is 0 Å². The molecule has 1 aliphatic heterocycles. The number of hydrogen-bond donors (Lipinski definition) is 0.